The van der Waals surface area contributed by atoms with Crippen LogP contribution in [-0.4, -0.2) is 289 Å². The van der Waals surface area contributed by atoms with E-state index in [4.69, 9.17) is 5.73 Å². The first-order chi connectivity index (χ1) is 64.0. The Labute approximate surface area is 784 Å². The van der Waals surface area contributed by atoms with Crippen LogP contribution in [0.25, 0.3) is 0 Å². The number of hydrogen-bond donors (Lipinski definition) is 26. The number of nitrogens with one attached hydrogen (secondary N) is 15. The van der Waals surface area contributed by atoms with Gasteiger partial charge in [0.1, 0.15) is 103 Å². The number of benzene rings is 2. The van der Waals surface area contributed by atoms with E-state index < -0.39 is 253 Å². The molecule has 1 aliphatic heterocycles. The van der Waals surface area contributed by atoms with E-state index >= 15 is 14.4 Å². The number of carboxylic acid groups (broad SMARTS) is 2. The average molecular weight is 1910 g/mol. The molecule has 0 radical (unpaired) electrons. The first kappa shape index (κ1) is 115. The van der Waals surface area contributed by atoms with Crippen molar-refractivity contribution in [1.82, 2.24) is 89.3 Å². The fourth-order valence-corrected chi connectivity index (χ4v) is 14.9. The van der Waals surface area contributed by atoms with Crippen molar-refractivity contribution in [1.29, 1.82) is 0 Å². The highest BCUT2D eigenvalue weighted by molar-refractivity contribution is 6.02. The van der Waals surface area contributed by atoms with Crippen LogP contribution < -0.4 is 109 Å². The number of aliphatic hydroxyl groups excluding tert-OH is 2. The van der Waals surface area contributed by atoms with Gasteiger partial charge in [-0.1, -0.05) is 90.4 Å². The number of carboxylic acids is 2. The molecular weight excluding hydrogens is 1760 g/mol. The van der Waals surface area contributed by atoms with Crippen LogP contribution in [0.3, 0.4) is 0 Å². The van der Waals surface area contributed by atoms with Gasteiger partial charge in [0.15, 0.2) is 6.04 Å². The van der Waals surface area contributed by atoms with Crippen LogP contribution in [0.1, 0.15) is 194 Å². The quantitative estimate of drug-likeness (QED) is 0.0233. The van der Waals surface area contributed by atoms with E-state index in [1.165, 1.54) is 48.6 Å². The maximum atomic E-state index is 15.2. The molecule has 0 spiro atoms. The molecule has 1 aromatic heterocycles. The van der Waals surface area contributed by atoms with E-state index in [9.17, 15) is 97.5 Å². The zero-order chi connectivity index (χ0) is 101. The molecule has 46 heteroatoms. The number of nitrogens with zero attached hydrogens (tertiary/aromatic N) is 2. The lowest BCUT2D eigenvalue weighted by Crippen LogP contribution is -2.70. The number of carbonyl (C=O) groups excluding carboxylic acids is 16. The molecule has 1 aliphatic rings. The number of hydrogen-bond acceptors (Lipinski definition) is 22. The van der Waals surface area contributed by atoms with E-state index in [0.717, 1.165) is 6.92 Å². The van der Waals surface area contributed by atoms with Crippen molar-refractivity contribution in [3.05, 3.63) is 83.9 Å². The van der Waals surface area contributed by atoms with Crippen molar-refractivity contribution in [2.45, 2.75) is 299 Å². The number of rotatable bonds is 64. The highest BCUT2D eigenvalue weighted by atomic mass is 16.4. The summed E-state index contributed by atoms with van der Waals surface area (Å²) in [5, 5.41) is 87.5. The summed E-state index contributed by atoms with van der Waals surface area (Å²) >= 11 is 0. The number of imidazole rings is 1. The van der Waals surface area contributed by atoms with Crippen LogP contribution in [0, 0.1) is 17.8 Å². The van der Waals surface area contributed by atoms with E-state index in [-0.39, 0.29) is 94.4 Å². The number of carbonyl (C=O) groups is 18. The third-order valence-electron chi connectivity index (χ3n) is 23.0. The fourth-order valence-electron chi connectivity index (χ4n) is 14.9. The molecule has 752 valence electrons. The molecule has 0 aliphatic carbocycles. The normalized spacial score (nSPS) is 16.2. The van der Waals surface area contributed by atoms with Crippen molar-refractivity contribution in [3.63, 3.8) is 0 Å². The SMILES string of the molecule is CC[C@H](C)[C@H](NC(=O)[C@H](CCCC[NH3+])NC(=O)[C@H](CCCC[NH3+])NC(=O)[C@H](CCC(N)=O)NC(=O)[C@H](CC(C)C)NC(=O)[C@@H](NC(=O)[C@H](C)NC(=O)[C@@H]([NH3+])CO)C(C)C)C(=O)N[C@H](C(=O)N[C@@H](CC(=O)O)C(=O)N[C@@H](Cc1ccc(O)cc1)C(=O)N[C@@H](Cc1ccccc1)C(=O)N[C@@H](Cc1cnc[nH]1)C(=O)N1CCC[C@H]1C(=O)N[C@@H](CCCC[NH3+])C(=O)N[C@@H](CCCC[NH3+])C(=O)O)[C@@H](C)O. The van der Waals surface area contributed by atoms with Gasteiger partial charge < -0.3 is 144 Å². The summed E-state index contributed by atoms with van der Waals surface area (Å²) < 4.78 is 0. The minimum absolute atomic E-state index is 0.00892. The Hall–Kier alpha value is -12.4. The number of likely N-dealkylation sites (tertiary alicyclic amines) is 1. The van der Waals surface area contributed by atoms with Gasteiger partial charge >= 0.3 is 11.9 Å². The number of quaternary nitrogens is 5. The largest absolute Gasteiger partial charge is 0.508 e. The molecule has 0 saturated carbocycles. The molecular formula is C89H148N23O23+5. The van der Waals surface area contributed by atoms with E-state index in [1.807, 2.05) is 0 Å². The summed E-state index contributed by atoms with van der Waals surface area (Å²) in [5.74, 6) is -19.8. The Balaban J connectivity index is 1.66. The van der Waals surface area contributed by atoms with Crippen LogP contribution in [0.2, 0.25) is 0 Å². The summed E-state index contributed by atoms with van der Waals surface area (Å²) in [6.45, 7) is 13.6. The molecule has 3 aromatic rings. The number of aromatic nitrogens is 2. The van der Waals surface area contributed by atoms with Gasteiger partial charge in [-0.3, -0.25) is 81.5 Å². The zero-order valence-corrected chi connectivity index (χ0v) is 78.8. The summed E-state index contributed by atoms with van der Waals surface area (Å²) in [6.07, 6.45) is 1.92. The van der Waals surface area contributed by atoms with Gasteiger partial charge in [-0.2, -0.15) is 0 Å². The van der Waals surface area contributed by atoms with Crippen LogP contribution in [-0.2, 0) is 106 Å². The maximum Gasteiger partial charge on any atom is 0.326 e. The summed E-state index contributed by atoms with van der Waals surface area (Å²) in [4.78, 5) is 262. The van der Waals surface area contributed by atoms with Crippen molar-refractivity contribution < 1.29 is 141 Å². The van der Waals surface area contributed by atoms with Gasteiger partial charge in [0.05, 0.1) is 45.0 Å². The Morgan fingerprint density at radius 2 is 0.896 bits per heavy atom. The predicted octanol–water partition coefficient (Wildman–Crippen LogP) is -8.85. The Kier molecular flexibility index (Phi) is 51.2. The minimum Gasteiger partial charge on any atom is -0.508 e. The molecule has 0 bridgehead atoms. The molecule has 16 amide bonds. The van der Waals surface area contributed by atoms with Crippen LogP contribution in [0.5, 0.6) is 5.75 Å². The van der Waals surface area contributed by atoms with Crippen molar-refractivity contribution in [2.24, 2.45) is 23.5 Å². The number of phenolic OH excluding ortho intramolecular Hbond substituents is 1. The van der Waals surface area contributed by atoms with Crippen molar-refractivity contribution in [2.75, 3.05) is 39.3 Å². The molecule has 1 fully saturated rings. The first-order valence-electron chi connectivity index (χ1n) is 46.4. The molecule has 135 heavy (non-hydrogen) atoms. The third-order valence-corrected chi connectivity index (χ3v) is 23.0. The second kappa shape index (κ2) is 60.1. The predicted molar refractivity (Wildman–Crippen MR) is 486 cm³/mol. The molecule has 1 saturated heterocycles. The zero-order valence-electron chi connectivity index (χ0n) is 78.8. The second-order valence-corrected chi connectivity index (χ2v) is 35.0. The number of aromatic hydroxyl groups is 1. The number of amides is 16. The lowest BCUT2D eigenvalue weighted by atomic mass is 9.96. The van der Waals surface area contributed by atoms with Crippen molar-refractivity contribution in [3.8, 4) is 5.75 Å². The van der Waals surface area contributed by atoms with Crippen LogP contribution >= 0.6 is 0 Å². The van der Waals surface area contributed by atoms with E-state index in [1.54, 1.807) is 71.9 Å². The molecule has 4 rings (SSSR count). The summed E-state index contributed by atoms with van der Waals surface area (Å²) in [6, 6.07) is -10.2. The molecule has 2 aromatic carbocycles. The van der Waals surface area contributed by atoms with Gasteiger partial charge in [-0.25, -0.2) is 9.78 Å². The van der Waals surface area contributed by atoms with Crippen LogP contribution in [0.15, 0.2) is 67.1 Å². The number of primary amides is 1. The number of aliphatic carboxylic acids is 2. The number of H-pyrrole nitrogens is 1. The Morgan fingerprint density at radius 1 is 0.474 bits per heavy atom. The minimum atomic E-state index is -2.13. The topological polar surface area (TPSA) is 773 Å². The standard InChI is InChI=1S/C89H143N23O23/c1-9-50(6)72(110-79(124)60(26-15-19-37-92)100-76(121)58(24-13-17-35-90)99-78(123)61(33-34-69(95)116)101-80(125)63(40-48(2)3)106-85(130)71(49(4)5)109-74(119)51(7)98-75(120)57(94)46-113)86(131)111-73(52(8)114)87(132)107-66(44-70(117)118)83(128)105-65(42-54-29-31-56(115)32-30-54)81(126)104-64(41-53-22-11-10-12-23-53)82(127)108-67(43-55-45-96-47-97-55)88(133)112-39-21-28-68(112)84(129)102-59(25-14-18-36-91)77(122)103-62(89(134)135)27-16-20-38-93/h10-12,22-23,29-32,45,47-52,57-68,71-73,113-115H,9,13-21,24-28,33-44,46,90-94H2,1-8H3,(H2,95,116)(H,96,97)(H,98,120)(H,99,123)(H,100,121)(H,101,125)(H,102,129)(H,103,122)(H,104,126)(H,105,128)(H,106,130)(H,107,132)(H,108,127)(H,109,119)(H,110,124)(H,111,131)(H,117,118)(H,134,135)/p+5/t50-,51-,52+,57-,58-,59-,60-,61-,62-,63-,64-,65-,66-,67-,68-,71-,72-,73-/m0/s1. The Bertz CT molecular complexity index is 4360. The van der Waals surface area contributed by atoms with Crippen LogP contribution in [0.4, 0.5) is 0 Å². The lowest BCUT2D eigenvalue weighted by Gasteiger charge is -2.31. The number of nitrogens with two attached hydrogens (primary N) is 1. The number of aliphatic hydroxyl groups is 2. The molecule has 46 nitrogen and oxygen atoms in total. The monoisotopic (exact) mass is 1910 g/mol. The van der Waals surface area contributed by atoms with Gasteiger partial charge in [0.25, 0.3) is 5.91 Å². The van der Waals surface area contributed by atoms with Crippen molar-refractivity contribution >= 4 is 106 Å². The molecule has 0 unspecified atom stereocenters. The van der Waals surface area contributed by atoms with Gasteiger partial charge in [0.2, 0.25) is 88.6 Å². The summed E-state index contributed by atoms with van der Waals surface area (Å²) in [7, 11) is 0. The maximum absolute atomic E-state index is 15.2. The molecule has 2 heterocycles. The lowest BCUT2D eigenvalue weighted by molar-refractivity contribution is -0.409. The third kappa shape index (κ3) is 40.4. The highest BCUT2D eigenvalue weighted by Crippen LogP contribution is 2.23. The van der Waals surface area contributed by atoms with Gasteiger partial charge in [0, 0.05) is 44.1 Å². The summed E-state index contributed by atoms with van der Waals surface area (Å²) in [5.41, 5.74) is 25.6. The molecule has 37 N–H and O–H groups in total. The highest BCUT2D eigenvalue weighted by Gasteiger charge is 2.44. The average Bonchev–Trinajstić information content (AvgIpc) is 1.66. The van der Waals surface area contributed by atoms with Gasteiger partial charge in [-0.15, -0.1) is 0 Å². The smallest absolute Gasteiger partial charge is 0.326 e. The number of aromatic amines is 1. The van der Waals surface area contributed by atoms with E-state index in [2.05, 4.69) is 113 Å². The molecule has 18 atom stereocenters. The fraction of sp³-hybridized carbons (Fsp3) is 0.629. The second-order valence-electron chi connectivity index (χ2n) is 35.0. The first-order valence-corrected chi connectivity index (χ1v) is 46.4. The Morgan fingerprint density at radius 3 is 1.36 bits per heavy atom. The van der Waals surface area contributed by atoms with E-state index in [0.29, 0.717) is 82.4 Å². The number of unbranched alkanes of at least 4 members (excludes halogenated alkanes) is 4. The number of phenols is 1. The van der Waals surface area contributed by atoms with Gasteiger partial charge in [-0.05, 0) is 158 Å².